The molecule has 0 saturated carbocycles. The molecule has 1 unspecified atom stereocenters. The second-order valence-electron chi connectivity index (χ2n) is 4.16. The maximum absolute atomic E-state index is 5.69. The molecule has 1 aromatic heterocycles. The van der Waals surface area contributed by atoms with E-state index >= 15 is 0 Å². The highest BCUT2D eigenvalue weighted by Crippen LogP contribution is 2.19. The SMILES string of the molecule is NCCc1nnc(CCC2CCCCO2)s1. The number of aromatic nitrogens is 2. The van der Waals surface area contributed by atoms with Gasteiger partial charge in [0.25, 0.3) is 0 Å². The Bertz CT molecular complexity index is 310. The minimum Gasteiger partial charge on any atom is -0.378 e. The molecule has 1 aliphatic heterocycles. The van der Waals surface area contributed by atoms with Crippen LogP contribution >= 0.6 is 11.3 Å². The van der Waals surface area contributed by atoms with Gasteiger partial charge in [-0.25, -0.2) is 0 Å². The Balaban J connectivity index is 1.75. The molecule has 2 rings (SSSR count). The topological polar surface area (TPSA) is 61.0 Å². The van der Waals surface area contributed by atoms with Gasteiger partial charge in [-0.15, -0.1) is 21.5 Å². The van der Waals surface area contributed by atoms with Gasteiger partial charge < -0.3 is 10.5 Å². The number of nitrogens with zero attached hydrogens (tertiary/aromatic N) is 2. The van der Waals surface area contributed by atoms with Gasteiger partial charge in [-0.2, -0.15) is 0 Å². The summed E-state index contributed by atoms with van der Waals surface area (Å²) in [6.45, 7) is 1.58. The van der Waals surface area contributed by atoms with E-state index in [0.717, 1.165) is 35.9 Å². The first kappa shape index (κ1) is 12.0. The fourth-order valence-electron chi connectivity index (χ4n) is 1.93. The predicted molar refractivity (Wildman–Crippen MR) is 64.6 cm³/mol. The number of ether oxygens (including phenoxy) is 1. The van der Waals surface area contributed by atoms with Crippen LogP contribution < -0.4 is 5.73 Å². The standard InChI is InChI=1S/C11H19N3OS/c12-7-6-11-14-13-10(16-11)5-4-9-3-1-2-8-15-9/h9H,1-8,12H2. The minimum absolute atomic E-state index is 0.440. The molecule has 16 heavy (non-hydrogen) atoms. The normalized spacial score (nSPS) is 21.2. The molecule has 1 saturated heterocycles. The predicted octanol–water partition coefficient (Wildman–Crippen LogP) is 1.54. The van der Waals surface area contributed by atoms with Crippen molar-refractivity contribution in [2.24, 2.45) is 5.73 Å². The molecule has 1 fully saturated rings. The molecule has 0 amide bonds. The van der Waals surface area contributed by atoms with Crippen molar-refractivity contribution >= 4 is 11.3 Å². The average Bonchev–Trinajstić information content (AvgIpc) is 2.76. The van der Waals surface area contributed by atoms with Gasteiger partial charge in [-0.1, -0.05) is 0 Å². The van der Waals surface area contributed by atoms with Crippen LogP contribution in [0.1, 0.15) is 35.7 Å². The van der Waals surface area contributed by atoms with Crippen LogP contribution in [0.4, 0.5) is 0 Å². The fourth-order valence-corrected chi connectivity index (χ4v) is 2.81. The Morgan fingerprint density at radius 1 is 1.25 bits per heavy atom. The Morgan fingerprint density at radius 2 is 2.06 bits per heavy atom. The van der Waals surface area contributed by atoms with Gasteiger partial charge in [0.2, 0.25) is 0 Å². The van der Waals surface area contributed by atoms with Gasteiger partial charge in [0.05, 0.1) is 6.10 Å². The Kier molecular flexibility index (Phi) is 4.69. The highest BCUT2D eigenvalue weighted by atomic mass is 32.1. The molecule has 90 valence electrons. The maximum atomic E-state index is 5.69. The van der Waals surface area contributed by atoms with Crippen LogP contribution in [0.5, 0.6) is 0 Å². The van der Waals surface area contributed by atoms with E-state index < -0.39 is 0 Å². The summed E-state index contributed by atoms with van der Waals surface area (Å²) in [5.41, 5.74) is 5.48. The summed E-state index contributed by atoms with van der Waals surface area (Å²) in [5.74, 6) is 0. The number of nitrogens with two attached hydrogens (primary N) is 1. The zero-order chi connectivity index (χ0) is 11.2. The molecule has 2 heterocycles. The second kappa shape index (κ2) is 6.27. The molecule has 0 aliphatic carbocycles. The van der Waals surface area contributed by atoms with Crippen molar-refractivity contribution in [3.8, 4) is 0 Å². The smallest absolute Gasteiger partial charge is 0.118 e. The lowest BCUT2D eigenvalue weighted by atomic mass is 10.1. The van der Waals surface area contributed by atoms with E-state index in [4.69, 9.17) is 10.5 Å². The zero-order valence-corrected chi connectivity index (χ0v) is 10.3. The highest BCUT2D eigenvalue weighted by Gasteiger charge is 2.14. The molecule has 1 aliphatic rings. The molecule has 0 radical (unpaired) electrons. The van der Waals surface area contributed by atoms with Crippen molar-refractivity contribution in [2.45, 2.75) is 44.6 Å². The number of hydrogen-bond donors (Lipinski definition) is 1. The first-order valence-corrected chi connectivity index (χ1v) is 6.83. The third-order valence-corrected chi connectivity index (χ3v) is 3.86. The number of aryl methyl sites for hydroxylation is 1. The third-order valence-electron chi connectivity index (χ3n) is 2.82. The number of hydrogen-bond acceptors (Lipinski definition) is 5. The van der Waals surface area contributed by atoms with Crippen molar-refractivity contribution in [1.29, 1.82) is 0 Å². The van der Waals surface area contributed by atoms with Crippen LogP contribution in [0.15, 0.2) is 0 Å². The van der Waals surface area contributed by atoms with Crippen molar-refractivity contribution in [1.82, 2.24) is 10.2 Å². The summed E-state index contributed by atoms with van der Waals surface area (Å²) in [6, 6.07) is 0. The Labute approximate surface area is 100 Å². The third kappa shape index (κ3) is 3.50. The van der Waals surface area contributed by atoms with Crippen molar-refractivity contribution in [2.75, 3.05) is 13.2 Å². The highest BCUT2D eigenvalue weighted by molar-refractivity contribution is 7.11. The largest absolute Gasteiger partial charge is 0.378 e. The van der Waals surface area contributed by atoms with E-state index in [1.807, 2.05) is 0 Å². The van der Waals surface area contributed by atoms with Crippen molar-refractivity contribution in [3.05, 3.63) is 10.0 Å². The van der Waals surface area contributed by atoms with Crippen LogP contribution in [-0.4, -0.2) is 29.5 Å². The lowest BCUT2D eigenvalue weighted by Crippen LogP contribution is -2.19. The minimum atomic E-state index is 0.440. The number of rotatable bonds is 5. The summed E-state index contributed by atoms with van der Waals surface area (Å²) < 4.78 is 5.69. The van der Waals surface area contributed by atoms with E-state index in [0.29, 0.717) is 12.6 Å². The quantitative estimate of drug-likeness (QED) is 0.849. The molecule has 5 heteroatoms. The van der Waals surface area contributed by atoms with Gasteiger partial charge in [0.1, 0.15) is 10.0 Å². The fraction of sp³-hybridized carbons (Fsp3) is 0.818. The second-order valence-corrected chi connectivity index (χ2v) is 5.30. The van der Waals surface area contributed by atoms with Crippen molar-refractivity contribution < 1.29 is 4.74 Å². The van der Waals surface area contributed by atoms with Gasteiger partial charge in [0.15, 0.2) is 0 Å². The molecule has 1 atom stereocenters. The van der Waals surface area contributed by atoms with E-state index in [1.54, 1.807) is 11.3 Å². The molecular formula is C11H19N3OS. The summed E-state index contributed by atoms with van der Waals surface area (Å²) in [4.78, 5) is 0. The van der Waals surface area contributed by atoms with Crippen LogP contribution in [0.2, 0.25) is 0 Å². The Hall–Kier alpha value is -0.520. The van der Waals surface area contributed by atoms with E-state index in [-0.39, 0.29) is 0 Å². The first-order chi connectivity index (χ1) is 7.88. The van der Waals surface area contributed by atoms with E-state index in [9.17, 15) is 0 Å². The molecular weight excluding hydrogens is 222 g/mol. The van der Waals surface area contributed by atoms with Gasteiger partial charge in [0, 0.05) is 19.4 Å². The molecule has 4 nitrogen and oxygen atoms in total. The van der Waals surface area contributed by atoms with Crippen LogP contribution in [0, 0.1) is 0 Å². The maximum Gasteiger partial charge on any atom is 0.118 e. The monoisotopic (exact) mass is 241 g/mol. The summed E-state index contributed by atoms with van der Waals surface area (Å²) in [6.07, 6.45) is 7.08. The summed E-state index contributed by atoms with van der Waals surface area (Å²) in [5, 5.41) is 10.5. The average molecular weight is 241 g/mol. The van der Waals surface area contributed by atoms with E-state index in [1.165, 1.54) is 19.3 Å². The van der Waals surface area contributed by atoms with E-state index in [2.05, 4.69) is 10.2 Å². The van der Waals surface area contributed by atoms with Crippen LogP contribution in [-0.2, 0) is 17.6 Å². The Morgan fingerprint density at radius 3 is 2.75 bits per heavy atom. The van der Waals surface area contributed by atoms with Gasteiger partial charge in [-0.3, -0.25) is 0 Å². The van der Waals surface area contributed by atoms with Crippen molar-refractivity contribution in [3.63, 3.8) is 0 Å². The summed E-state index contributed by atoms with van der Waals surface area (Å²) in [7, 11) is 0. The summed E-state index contributed by atoms with van der Waals surface area (Å²) >= 11 is 1.69. The molecule has 0 aromatic carbocycles. The first-order valence-electron chi connectivity index (χ1n) is 6.01. The lowest BCUT2D eigenvalue weighted by Gasteiger charge is -2.21. The molecule has 0 spiro atoms. The molecule has 2 N–H and O–H groups in total. The van der Waals surface area contributed by atoms with Gasteiger partial charge in [-0.05, 0) is 32.2 Å². The van der Waals surface area contributed by atoms with Gasteiger partial charge >= 0.3 is 0 Å². The zero-order valence-electron chi connectivity index (χ0n) is 9.52. The van der Waals surface area contributed by atoms with Crippen LogP contribution in [0.3, 0.4) is 0 Å². The molecule has 0 bridgehead atoms. The lowest BCUT2D eigenvalue weighted by molar-refractivity contribution is 0.0115. The molecule has 1 aromatic rings. The van der Waals surface area contributed by atoms with Crippen LogP contribution in [0.25, 0.3) is 0 Å².